The number of nitrogens with zero attached hydrogens (tertiary/aromatic N) is 1. The van der Waals surface area contributed by atoms with E-state index in [9.17, 15) is 0 Å². The predicted octanol–water partition coefficient (Wildman–Crippen LogP) is 0.0725. The largest absolute Gasteiger partial charge is 0.383 e. The van der Waals surface area contributed by atoms with Crippen LogP contribution < -0.4 is 5.73 Å². The fourth-order valence-electron chi connectivity index (χ4n) is 1.76. The Balaban J connectivity index is 2.30. The predicted molar refractivity (Wildman–Crippen MR) is 56.3 cm³/mol. The van der Waals surface area contributed by atoms with Gasteiger partial charge in [-0.25, -0.2) is 0 Å². The molecule has 0 aliphatic carbocycles. The molecule has 0 saturated carbocycles. The minimum absolute atomic E-state index is 0.135. The highest BCUT2D eigenvalue weighted by atomic mass is 16.5. The topological polar surface area (TPSA) is 47.7 Å². The summed E-state index contributed by atoms with van der Waals surface area (Å²) in [7, 11) is 1.73. The van der Waals surface area contributed by atoms with Crippen LogP contribution in [0.1, 0.15) is 13.3 Å². The number of ether oxygens (including phenoxy) is 2. The van der Waals surface area contributed by atoms with Gasteiger partial charge >= 0.3 is 0 Å². The molecular weight excluding hydrogens is 180 g/mol. The van der Waals surface area contributed by atoms with Crippen LogP contribution in [0.2, 0.25) is 0 Å². The Hall–Kier alpha value is -0.160. The maximum atomic E-state index is 6.20. The summed E-state index contributed by atoms with van der Waals surface area (Å²) in [4.78, 5) is 2.32. The summed E-state index contributed by atoms with van der Waals surface area (Å²) >= 11 is 0. The Labute approximate surface area is 86.3 Å². The molecule has 1 fully saturated rings. The SMILES string of the molecule is CCN(CCOC)CC1(N)CCOC1. The summed E-state index contributed by atoms with van der Waals surface area (Å²) in [5.41, 5.74) is 6.06. The van der Waals surface area contributed by atoms with Crippen LogP contribution in [-0.2, 0) is 9.47 Å². The fraction of sp³-hybridized carbons (Fsp3) is 1.00. The van der Waals surface area contributed by atoms with Gasteiger partial charge in [-0.1, -0.05) is 6.92 Å². The van der Waals surface area contributed by atoms with Gasteiger partial charge in [-0.2, -0.15) is 0 Å². The van der Waals surface area contributed by atoms with Gasteiger partial charge in [0.2, 0.25) is 0 Å². The van der Waals surface area contributed by atoms with Gasteiger partial charge < -0.3 is 15.2 Å². The van der Waals surface area contributed by atoms with Gasteiger partial charge in [0.1, 0.15) is 0 Å². The molecule has 1 aliphatic rings. The number of nitrogens with two attached hydrogens (primary N) is 1. The fourth-order valence-corrected chi connectivity index (χ4v) is 1.76. The number of rotatable bonds is 6. The van der Waals surface area contributed by atoms with E-state index in [4.69, 9.17) is 15.2 Å². The zero-order valence-corrected chi connectivity index (χ0v) is 9.29. The van der Waals surface area contributed by atoms with E-state index in [0.29, 0.717) is 6.61 Å². The monoisotopic (exact) mass is 202 g/mol. The van der Waals surface area contributed by atoms with Crippen molar-refractivity contribution in [2.24, 2.45) is 5.73 Å². The van der Waals surface area contributed by atoms with Crippen molar-refractivity contribution >= 4 is 0 Å². The van der Waals surface area contributed by atoms with Crippen LogP contribution >= 0.6 is 0 Å². The summed E-state index contributed by atoms with van der Waals surface area (Å²) in [5, 5.41) is 0. The minimum Gasteiger partial charge on any atom is -0.383 e. The average Bonchev–Trinajstić information content (AvgIpc) is 2.60. The molecule has 0 aromatic carbocycles. The van der Waals surface area contributed by atoms with Crippen LogP contribution in [0, 0.1) is 0 Å². The third kappa shape index (κ3) is 3.53. The van der Waals surface area contributed by atoms with Crippen molar-refractivity contribution in [2.45, 2.75) is 18.9 Å². The Morgan fingerprint density at radius 2 is 2.36 bits per heavy atom. The van der Waals surface area contributed by atoms with Gasteiger partial charge in [0.15, 0.2) is 0 Å². The summed E-state index contributed by atoms with van der Waals surface area (Å²) in [6.45, 7) is 7.29. The molecule has 14 heavy (non-hydrogen) atoms. The third-order valence-electron chi connectivity index (χ3n) is 2.73. The quantitative estimate of drug-likeness (QED) is 0.662. The standard InChI is InChI=1S/C10H22N2O2/c1-3-12(5-7-13-2)8-10(11)4-6-14-9-10/h3-9,11H2,1-2H3. The van der Waals surface area contributed by atoms with Crippen molar-refractivity contribution in [1.29, 1.82) is 0 Å². The molecule has 0 bridgehead atoms. The first-order chi connectivity index (χ1) is 6.70. The molecule has 0 spiro atoms. The van der Waals surface area contributed by atoms with E-state index >= 15 is 0 Å². The molecular formula is C10H22N2O2. The van der Waals surface area contributed by atoms with E-state index in [1.165, 1.54) is 0 Å². The second kappa shape index (κ2) is 5.66. The van der Waals surface area contributed by atoms with Gasteiger partial charge in [0.05, 0.1) is 18.8 Å². The van der Waals surface area contributed by atoms with Crippen LogP contribution in [0.5, 0.6) is 0 Å². The first kappa shape index (κ1) is 11.9. The highest BCUT2D eigenvalue weighted by Crippen LogP contribution is 2.16. The molecule has 4 nitrogen and oxygen atoms in total. The Morgan fingerprint density at radius 3 is 2.86 bits per heavy atom. The summed E-state index contributed by atoms with van der Waals surface area (Å²) in [6.07, 6.45) is 0.969. The number of likely N-dealkylation sites (N-methyl/N-ethyl adjacent to an activating group) is 1. The lowest BCUT2D eigenvalue weighted by Gasteiger charge is -2.30. The molecule has 0 amide bonds. The van der Waals surface area contributed by atoms with Crippen LogP contribution in [0.3, 0.4) is 0 Å². The van der Waals surface area contributed by atoms with E-state index in [2.05, 4.69) is 11.8 Å². The van der Waals surface area contributed by atoms with E-state index in [1.54, 1.807) is 7.11 Å². The second-order valence-electron chi connectivity index (χ2n) is 4.03. The Bertz CT molecular complexity index is 158. The molecule has 84 valence electrons. The Morgan fingerprint density at radius 1 is 1.57 bits per heavy atom. The van der Waals surface area contributed by atoms with Gasteiger partial charge in [0.25, 0.3) is 0 Å². The van der Waals surface area contributed by atoms with Crippen molar-refractivity contribution in [3.05, 3.63) is 0 Å². The number of methoxy groups -OCH3 is 1. The normalized spacial score (nSPS) is 27.4. The van der Waals surface area contributed by atoms with Crippen LogP contribution in [0.4, 0.5) is 0 Å². The number of hydrogen-bond donors (Lipinski definition) is 1. The van der Waals surface area contributed by atoms with E-state index in [1.807, 2.05) is 0 Å². The lowest BCUT2D eigenvalue weighted by Crippen LogP contribution is -2.51. The molecule has 4 heteroatoms. The zero-order chi connectivity index (χ0) is 10.4. The van der Waals surface area contributed by atoms with Crippen LogP contribution in [-0.4, -0.2) is 57.0 Å². The second-order valence-corrected chi connectivity index (χ2v) is 4.03. The summed E-state index contributed by atoms with van der Waals surface area (Å²) in [5.74, 6) is 0. The molecule has 1 saturated heterocycles. The van der Waals surface area contributed by atoms with Crippen molar-refractivity contribution < 1.29 is 9.47 Å². The zero-order valence-electron chi connectivity index (χ0n) is 9.29. The molecule has 1 atom stereocenters. The van der Waals surface area contributed by atoms with E-state index in [-0.39, 0.29) is 5.54 Å². The minimum atomic E-state index is -0.135. The molecule has 1 aliphatic heterocycles. The van der Waals surface area contributed by atoms with E-state index in [0.717, 1.165) is 39.3 Å². The van der Waals surface area contributed by atoms with Crippen molar-refractivity contribution in [2.75, 3.05) is 46.6 Å². The molecule has 0 aromatic rings. The Kier molecular flexibility index (Phi) is 4.81. The lowest BCUT2D eigenvalue weighted by atomic mass is 10.00. The van der Waals surface area contributed by atoms with Gasteiger partial charge in [0, 0.05) is 26.8 Å². The first-order valence-corrected chi connectivity index (χ1v) is 5.28. The van der Waals surface area contributed by atoms with Crippen molar-refractivity contribution in [3.63, 3.8) is 0 Å². The lowest BCUT2D eigenvalue weighted by molar-refractivity contribution is 0.122. The highest BCUT2D eigenvalue weighted by Gasteiger charge is 2.31. The average molecular weight is 202 g/mol. The van der Waals surface area contributed by atoms with E-state index < -0.39 is 0 Å². The molecule has 0 aromatic heterocycles. The van der Waals surface area contributed by atoms with Crippen LogP contribution in [0.25, 0.3) is 0 Å². The van der Waals surface area contributed by atoms with Crippen molar-refractivity contribution in [3.8, 4) is 0 Å². The van der Waals surface area contributed by atoms with Gasteiger partial charge in [-0.05, 0) is 13.0 Å². The van der Waals surface area contributed by atoms with Gasteiger partial charge in [-0.3, -0.25) is 4.90 Å². The molecule has 2 N–H and O–H groups in total. The van der Waals surface area contributed by atoms with Gasteiger partial charge in [-0.15, -0.1) is 0 Å². The molecule has 1 rings (SSSR count). The summed E-state index contributed by atoms with van der Waals surface area (Å²) in [6, 6.07) is 0. The highest BCUT2D eigenvalue weighted by molar-refractivity contribution is 4.90. The molecule has 1 heterocycles. The molecule has 1 unspecified atom stereocenters. The first-order valence-electron chi connectivity index (χ1n) is 5.28. The third-order valence-corrected chi connectivity index (χ3v) is 2.73. The van der Waals surface area contributed by atoms with Crippen molar-refractivity contribution in [1.82, 2.24) is 4.90 Å². The smallest absolute Gasteiger partial charge is 0.0659 e. The summed E-state index contributed by atoms with van der Waals surface area (Å²) < 4.78 is 10.4. The van der Waals surface area contributed by atoms with Crippen LogP contribution in [0.15, 0.2) is 0 Å². The molecule has 0 radical (unpaired) electrons. The maximum absolute atomic E-state index is 6.20. The number of hydrogen-bond acceptors (Lipinski definition) is 4. The maximum Gasteiger partial charge on any atom is 0.0659 e.